The van der Waals surface area contributed by atoms with E-state index < -0.39 is 0 Å². The Kier molecular flexibility index (Phi) is 1.72. The summed E-state index contributed by atoms with van der Waals surface area (Å²) >= 11 is 0. The van der Waals surface area contributed by atoms with E-state index in [1.165, 1.54) is 25.7 Å². The minimum Gasteiger partial charge on any atom is -0.460 e. The highest BCUT2D eigenvalue weighted by molar-refractivity contribution is 5.76. The lowest BCUT2D eigenvalue weighted by atomic mass is 9.93. The standard InChI is InChI=1S/C8H14N2O/c1-9-8-10-6-4-2-3-5-7(6)11-8/h6-7H,2-5H2,1H3,(H,9,10)/t6-,7-/m1/s1. The number of aliphatic imine (C=N–C) groups is 1. The second kappa shape index (κ2) is 2.72. The molecule has 0 radical (unpaired) electrons. The van der Waals surface area contributed by atoms with Crippen LogP contribution in [0.3, 0.4) is 0 Å². The van der Waals surface area contributed by atoms with Gasteiger partial charge in [-0.1, -0.05) is 6.42 Å². The highest BCUT2D eigenvalue weighted by Crippen LogP contribution is 2.24. The van der Waals surface area contributed by atoms with Crippen LogP contribution in [0.25, 0.3) is 0 Å². The van der Waals surface area contributed by atoms with Gasteiger partial charge in [-0.3, -0.25) is 0 Å². The van der Waals surface area contributed by atoms with Crippen molar-refractivity contribution < 1.29 is 4.74 Å². The molecular weight excluding hydrogens is 140 g/mol. The fourth-order valence-corrected chi connectivity index (χ4v) is 1.86. The summed E-state index contributed by atoms with van der Waals surface area (Å²) in [5.41, 5.74) is 0. The summed E-state index contributed by atoms with van der Waals surface area (Å²) in [6, 6.07) is 1.28. The molecule has 0 aromatic rings. The monoisotopic (exact) mass is 154 g/mol. The smallest absolute Gasteiger partial charge is 0.285 e. The molecule has 0 aromatic carbocycles. The van der Waals surface area contributed by atoms with Crippen molar-refractivity contribution in [3.63, 3.8) is 0 Å². The molecule has 1 aliphatic heterocycles. The van der Waals surface area contributed by atoms with Crippen molar-refractivity contribution in [3.05, 3.63) is 0 Å². The summed E-state index contributed by atoms with van der Waals surface area (Å²) in [5.74, 6) is 0. The predicted molar refractivity (Wildman–Crippen MR) is 43.6 cm³/mol. The molecule has 0 spiro atoms. The van der Waals surface area contributed by atoms with E-state index in [1.807, 2.05) is 0 Å². The molecule has 2 aliphatic rings. The first-order valence-electron chi connectivity index (χ1n) is 4.30. The van der Waals surface area contributed by atoms with Crippen molar-refractivity contribution >= 4 is 6.02 Å². The van der Waals surface area contributed by atoms with Gasteiger partial charge < -0.3 is 10.1 Å². The number of nitrogens with zero attached hydrogens (tertiary/aromatic N) is 1. The Hall–Kier alpha value is -0.730. The number of nitrogens with one attached hydrogen (secondary N) is 1. The van der Waals surface area contributed by atoms with Crippen molar-refractivity contribution in [2.45, 2.75) is 37.8 Å². The molecule has 1 aliphatic carbocycles. The maximum Gasteiger partial charge on any atom is 0.285 e. The van der Waals surface area contributed by atoms with E-state index in [2.05, 4.69) is 10.3 Å². The van der Waals surface area contributed by atoms with Crippen molar-refractivity contribution in [1.82, 2.24) is 5.32 Å². The number of ether oxygens (including phenoxy) is 1. The van der Waals surface area contributed by atoms with E-state index in [4.69, 9.17) is 4.74 Å². The first-order valence-corrected chi connectivity index (χ1v) is 4.30. The predicted octanol–water partition coefficient (Wildman–Crippen LogP) is 0.903. The second-order valence-corrected chi connectivity index (χ2v) is 3.22. The van der Waals surface area contributed by atoms with Gasteiger partial charge in [-0.25, -0.2) is 4.99 Å². The van der Waals surface area contributed by atoms with Gasteiger partial charge in [0.15, 0.2) is 0 Å². The highest BCUT2D eigenvalue weighted by atomic mass is 16.5. The lowest BCUT2D eigenvalue weighted by Crippen LogP contribution is -2.34. The second-order valence-electron chi connectivity index (χ2n) is 3.22. The van der Waals surface area contributed by atoms with Crippen LogP contribution in [0.5, 0.6) is 0 Å². The Bertz CT molecular complexity index is 163. The molecule has 0 unspecified atom stereocenters. The van der Waals surface area contributed by atoms with Crippen LogP contribution in [-0.2, 0) is 4.74 Å². The molecule has 1 N–H and O–H groups in total. The van der Waals surface area contributed by atoms with Gasteiger partial charge in [0, 0.05) is 7.05 Å². The molecule has 2 rings (SSSR count). The van der Waals surface area contributed by atoms with Crippen LogP contribution < -0.4 is 5.32 Å². The molecule has 2 atom stereocenters. The largest absolute Gasteiger partial charge is 0.460 e. The summed E-state index contributed by atoms with van der Waals surface area (Å²) in [6.45, 7) is 0. The van der Waals surface area contributed by atoms with Crippen LogP contribution in [0.4, 0.5) is 0 Å². The maximum absolute atomic E-state index is 5.55. The third kappa shape index (κ3) is 1.19. The Morgan fingerprint density at radius 1 is 1.45 bits per heavy atom. The molecule has 2 fully saturated rings. The fraction of sp³-hybridized carbons (Fsp3) is 0.875. The average Bonchev–Trinajstić information content (AvgIpc) is 2.46. The van der Waals surface area contributed by atoms with Gasteiger partial charge in [0.25, 0.3) is 6.02 Å². The number of amidine groups is 1. The number of fused-ring (bicyclic) bond motifs is 1. The Balaban J connectivity index is 2.03. The van der Waals surface area contributed by atoms with Crippen molar-refractivity contribution in [1.29, 1.82) is 0 Å². The van der Waals surface area contributed by atoms with E-state index in [0.717, 1.165) is 6.02 Å². The van der Waals surface area contributed by atoms with Gasteiger partial charge in [-0.05, 0) is 19.3 Å². The van der Waals surface area contributed by atoms with Gasteiger partial charge in [0.05, 0.1) is 6.04 Å². The van der Waals surface area contributed by atoms with Crippen molar-refractivity contribution in [3.8, 4) is 0 Å². The molecule has 0 bridgehead atoms. The highest BCUT2D eigenvalue weighted by Gasteiger charge is 2.33. The van der Waals surface area contributed by atoms with E-state index in [-0.39, 0.29) is 0 Å². The molecule has 3 nitrogen and oxygen atoms in total. The number of hydrogen-bond donors (Lipinski definition) is 1. The minimum atomic E-state index is 0.405. The summed E-state index contributed by atoms with van der Waals surface area (Å²) in [6.07, 6.45) is 5.47. The topological polar surface area (TPSA) is 33.6 Å². The van der Waals surface area contributed by atoms with Gasteiger partial charge in [0.1, 0.15) is 6.10 Å². The molecular formula is C8H14N2O. The zero-order chi connectivity index (χ0) is 7.68. The summed E-state index contributed by atoms with van der Waals surface area (Å²) < 4.78 is 5.55. The Labute approximate surface area is 66.8 Å². The number of hydrogen-bond acceptors (Lipinski definition) is 2. The van der Waals surface area contributed by atoms with Crippen molar-refractivity contribution in [2.24, 2.45) is 4.99 Å². The third-order valence-corrected chi connectivity index (χ3v) is 2.48. The molecule has 0 amide bonds. The summed E-state index contributed by atoms with van der Waals surface area (Å²) in [4.78, 5) is 4.00. The van der Waals surface area contributed by atoms with Gasteiger partial charge in [-0.2, -0.15) is 0 Å². The van der Waals surface area contributed by atoms with Crippen LogP contribution >= 0.6 is 0 Å². The normalized spacial score (nSPS) is 39.5. The number of rotatable bonds is 0. The molecule has 1 saturated carbocycles. The van der Waals surface area contributed by atoms with E-state index >= 15 is 0 Å². The van der Waals surface area contributed by atoms with Crippen LogP contribution in [-0.4, -0.2) is 25.2 Å². The van der Waals surface area contributed by atoms with Gasteiger partial charge in [-0.15, -0.1) is 0 Å². The quantitative estimate of drug-likeness (QED) is 0.562. The zero-order valence-electron chi connectivity index (χ0n) is 6.84. The lowest BCUT2D eigenvalue weighted by molar-refractivity contribution is 0.159. The SMILES string of the molecule is CN=C1N[C@@H]2CCCC[C@H]2O1. The zero-order valence-corrected chi connectivity index (χ0v) is 6.84. The maximum atomic E-state index is 5.55. The van der Waals surface area contributed by atoms with Crippen LogP contribution in [0.1, 0.15) is 25.7 Å². The molecule has 3 heteroatoms. The fourth-order valence-electron chi connectivity index (χ4n) is 1.86. The summed E-state index contributed by atoms with van der Waals surface area (Å²) in [7, 11) is 1.76. The van der Waals surface area contributed by atoms with E-state index in [9.17, 15) is 0 Å². The Morgan fingerprint density at radius 3 is 3.00 bits per heavy atom. The molecule has 1 saturated heterocycles. The molecule has 1 heterocycles. The van der Waals surface area contributed by atoms with Crippen molar-refractivity contribution in [2.75, 3.05) is 7.05 Å². The molecule has 0 aromatic heterocycles. The van der Waals surface area contributed by atoms with E-state index in [1.54, 1.807) is 7.05 Å². The van der Waals surface area contributed by atoms with Gasteiger partial charge >= 0.3 is 0 Å². The average molecular weight is 154 g/mol. The first-order chi connectivity index (χ1) is 5.40. The van der Waals surface area contributed by atoms with Crippen LogP contribution in [0, 0.1) is 0 Å². The third-order valence-electron chi connectivity index (χ3n) is 2.48. The lowest BCUT2D eigenvalue weighted by Gasteiger charge is -2.21. The summed E-state index contributed by atoms with van der Waals surface area (Å²) in [5, 5.41) is 3.27. The first kappa shape index (κ1) is 6.95. The van der Waals surface area contributed by atoms with Gasteiger partial charge in [0.2, 0.25) is 0 Å². The van der Waals surface area contributed by atoms with E-state index in [0.29, 0.717) is 12.1 Å². The molecule has 11 heavy (non-hydrogen) atoms. The molecule has 62 valence electrons. The van der Waals surface area contributed by atoms with Crippen LogP contribution in [0.15, 0.2) is 4.99 Å². The van der Waals surface area contributed by atoms with Crippen LogP contribution in [0.2, 0.25) is 0 Å². The minimum absolute atomic E-state index is 0.405. The Morgan fingerprint density at radius 2 is 2.27 bits per heavy atom.